The first-order valence-electron chi connectivity index (χ1n) is 11.8. The van der Waals surface area contributed by atoms with E-state index in [0.717, 1.165) is 57.1 Å². The number of rotatable bonds is 9. The second kappa shape index (κ2) is 11.6. The van der Waals surface area contributed by atoms with Gasteiger partial charge in [0.25, 0.3) is 0 Å². The monoisotopic (exact) mass is 453 g/mol. The van der Waals surface area contributed by atoms with Crippen molar-refractivity contribution < 1.29 is 4.79 Å². The highest BCUT2D eigenvalue weighted by Gasteiger charge is 2.30. The van der Waals surface area contributed by atoms with Crippen molar-refractivity contribution >= 4 is 29.7 Å². The Labute approximate surface area is 203 Å². The fourth-order valence-electron chi connectivity index (χ4n) is 4.07. The number of benzene rings is 1. The number of carbonyl (C=O) groups excluding carboxylic acids is 1. The van der Waals surface area contributed by atoms with Crippen molar-refractivity contribution in [3.8, 4) is 0 Å². The third kappa shape index (κ3) is 6.30. The highest BCUT2D eigenvalue weighted by Crippen LogP contribution is 2.27. The van der Waals surface area contributed by atoms with Crippen LogP contribution in [-0.2, 0) is 4.79 Å². The van der Waals surface area contributed by atoms with Crippen LogP contribution in [0.3, 0.4) is 0 Å². The molecule has 1 aromatic carbocycles. The van der Waals surface area contributed by atoms with Crippen LogP contribution in [0.25, 0.3) is 23.9 Å². The van der Waals surface area contributed by atoms with Crippen LogP contribution in [-0.4, -0.2) is 16.8 Å². The van der Waals surface area contributed by atoms with E-state index in [1.165, 1.54) is 0 Å². The Morgan fingerprint density at radius 1 is 1.26 bits per heavy atom. The molecule has 0 saturated heterocycles. The van der Waals surface area contributed by atoms with Gasteiger partial charge >= 0.3 is 0 Å². The highest BCUT2D eigenvalue weighted by atomic mass is 16.1. The number of carbonyl (C=O) groups is 1. The summed E-state index contributed by atoms with van der Waals surface area (Å²) in [5.41, 5.74) is 11.8. The van der Waals surface area contributed by atoms with Crippen LogP contribution in [0, 0.1) is 12.8 Å². The van der Waals surface area contributed by atoms with E-state index in [4.69, 9.17) is 5.73 Å². The van der Waals surface area contributed by atoms with Gasteiger partial charge in [0.1, 0.15) is 0 Å². The molecular weight excluding hydrogens is 418 g/mol. The molecule has 0 radical (unpaired) electrons. The minimum Gasteiger partial charge on any atom is -0.360 e. The predicted molar refractivity (Wildman–Crippen MR) is 144 cm³/mol. The standard InChI is InChI=1S/C30H35N3O/c1-6-23(11-9-13-29(34)26-18-27(31)19-26)16-25-17-24(15-14-20(25)3)22(5)30(32-7-2)28-12-8-10-21(4)33-28/h6-10,12-17,26-27,32H,2-3,11,18-19,31H2,1,4-5H3/b13-9+,23-6-,25-16-,30-22+. The Hall–Kier alpha value is -3.50. The van der Waals surface area contributed by atoms with Crippen LogP contribution in [0.1, 0.15) is 50.1 Å². The summed E-state index contributed by atoms with van der Waals surface area (Å²) in [6, 6.07) is 12.4. The number of pyridine rings is 1. The van der Waals surface area contributed by atoms with Gasteiger partial charge in [-0.15, -0.1) is 0 Å². The van der Waals surface area contributed by atoms with Gasteiger partial charge in [0, 0.05) is 17.7 Å². The van der Waals surface area contributed by atoms with Gasteiger partial charge in [0.2, 0.25) is 0 Å². The number of ketones is 1. The Morgan fingerprint density at radius 2 is 2.03 bits per heavy atom. The minimum absolute atomic E-state index is 0.100. The molecule has 1 aromatic heterocycles. The first-order valence-corrected chi connectivity index (χ1v) is 11.8. The van der Waals surface area contributed by atoms with Crippen LogP contribution in [0.4, 0.5) is 0 Å². The average molecular weight is 454 g/mol. The first kappa shape index (κ1) is 25.1. The molecule has 1 fully saturated rings. The first-order chi connectivity index (χ1) is 16.3. The third-order valence-corrected chi connectivity index (χ3v) is 6.27. The molecule has 0 bridgehead atoms. The van der Waals surface area contributed by atoms with E-state index in [1.54, 1.807) is 12.3 Å². The summed E-state index contributed by atoms with van der Waals surface area (Å²) >= 11 is 0. The average Bonchev–Trinajstić information content (AvgIpc) is 2.80. The van der Waals surface area contributed by atoms with Crippen molar-refractivity contribution in [3.63, 3.8) is 0 Å². The lowest BCUT2D eigenvalue weighted by atomic mass is 9.78. The molecule has 2 aromatic rings. The van der Waals surface area contributed by atoms with Crippen molar-refractivity contribution in [2.24, 2.45) is 11.7 Å². The topological polar surface area (TPSA) is 68.0 Å². The molecule has 0 amide bonds. The highest BCUT2D eigenvalue weighted by molar-refractivity contribution is 5.92. The number of nitrogens with zero attached hydrogens (tertiary/aromatic N) is 1. The fraction of sp³-hybridized carbons (Fsp3) is 0.267. The van der Waals surface area contributed by atoms with Gasteiger partial charge < -0.3 is 11.1 Å². The molecule has 4 nitrogen and oxygen atoms in total. The van der Waals surface area contributed by atoms with E-state index in [9.17, 15) is 4.79 Å². The second-order valence-electron chi connectivity index (χ2n) is 8.87. The van der Waals surface area contributed by atoms with Crippen LogP contribution in [0.5, 0.6) is 0 Å². The zero-order valence-corrected chi connectivity index (χ0v) is 20.5. The SMILES string of the molecule is C=CN/C(=C(\C)c1ccc(=C)/c(=C\C(=C/C)C/C=C/C(=O)C2CC(N)C2)c1)c1cccc(C)n1. The number of hydrogen-bond donors (Lipinski definition) is 2. The molecule has 0 atom stereocenters. The summed E-state index contributed by atoms with van der Waals surface area (Å²) in [5, 5.41) is 5.26. The summed E-state index contributed by atoms with van der Waals surface area (Å²) in [7, 11) is 0. The predicted octanol–water partition coefficient (Wildman–Crippen LogP) is 4.40. The lowest BCUT2D eigenvalue weighted by Gasteiger charge is -2.30. The van der Waals surface area contributed by atoms with Gasteiger partial charge in [-0.2, -0.15) is 0 Å². The van der Waals surface area contributed by atoms with Gasteiger partial charge in [0.05, 0.1) is 11.4 Å². The van der Waals surface area contributed by atoms with Crippen LogP contribution >= 0.6 is 0 Å². The molecule has 0 unspecified atom stereocenters. The maximum absolute atomic E-state index is 12.2. The van der Waals surface area contributed by atoms with Crippen LogP contribution < -0.4 is 21.5 Å². The van der Waals surface area contributed by atoms with E-state index < -0.39 is 0 Å². The lowest BCUT2D eigenvalue weighted by molar-refractivity contribution is -0.120. The Balaban J connectivity index is 1.89. The molecule has 1 heterocycles. The number of allylic oxidation sites excluding steroid dienone is 5. The number of aromatic nitrogens is 1. The van der Waals surface area contributed by atoms with E-state index in [0.29, 0.717) is 6.42 Å². The lowest BCUT2D eigenvalue weighted by Crippen LogP contribution is -2.39. The molecule has 1 aliphatic carbocycles. The molecule has 176 valence electrons. The van der Waals surface area contributed by atoms with Gasteiger partial charge in [-0.1, -0.05) is 49.6 Å². The molecule has 0 aliphatic heterocycles. The van der Waals surface area contributed by atoms with Gasteiger partial charge in [-0.05, 0) is 97.7 Å². The van der Waals surface area contributed by atoms with Crippen molar-refractivity contribution in [3.05, 3.63) is 100 Å². The van der Waals surface area contributed by atoms with Gasteiger partial charge in [-0.3, -0.25) is 9.78 Å². The summed E-state index contributed by atoms with van der Waals surface area (Å²) in [6.45, 7) is 14.1. The van der Waals surface area contributed by atoms with E-state index in [2.05, 4.69) is 54.7 Å². The summed E-state index contributed by atoms with van der Waals surface area (Å²) in [6.07, 6.45) is 11.8. The Bertz CT molecular complexity index is 1260. The fourth-order valence-corrected chi connectivity index (χ4v) is 4.07. The molecule has 4 heteroatoms. The Morgan fingerprint density at radius 3 is 2.68 bits per heavy atom. The van der Waals surface area contributed by atoms with Gasteiger partial charge in [-0.25, -0.2) is 0 Å². The smallest absolute Gasteiger partial charge is 0.158 e. The normalized spacial score (nSPS) is 19.5. The Kier molecular flexibility index (Phi) is 8.55. The number of nitrogens with one attached hydrogen (secondary N) is 1. The number of nitrogens with two attached hydrogens (primary N) is 1. The molecule has 1 saturated carbocycles. The van der Waals surface area contributed by atoms with Crippen molar-refractivity contribution in [2.75, 3.05) is 0 Å². The minimum atomic E-state index is 0.100. The zero-order chi connectivity index (χ0) is 24.7. The molecule has 3 N–H and O–H groups in total. The van der Waals surface area contributed by atoms with Gasteiger partial charge in [0.15, 0.2) is 5.78 Å². The molecule has 3 rings (SSSR count). The van der Waals surface area contributed by atoms with Crippen molar-refractivity contribution in [2.45, 2.75) is 46.1 Å². The molecular formula is C30H35N3O. The molecule has 0 spiro atoms. The third-order valence-electron chi connectivity index (χ3n) is 6.27. The molecule has 1 aliphatic rings. The second-order valence-corrected chi connectivity index (χ2v) is 8.87. The summed E-state index contributed by atoms with van der Waals surface area (Å²) in [4.78, 5) is 16.9. The van der Waals surface area contributed by atoms with Crippen LogP contribution in [0.15, 0.2) is 73.0 Å². The van der Waals surface area contributed by atoms with E-state index >= 15 is 0 Å². The summed E-state index contributed by atoms with van der Waals surface area (Å²) in [5.74, 6) is 0.285. The van der Waals surface area contributed by atoms with Crippen LogP contribution in [0.2, 0.25) is 0 Å². The van der Waals surface area contributed by atoms with E-state index in [-0.39, 0.29) is 17.7 Å². The molecule has 34 heavy (non-hydrogen) atoms. The maximum atomic E-state index is 12.2. The zero-order valence-electron chi connectivity index (χ0n) is 20.5. The number of hydrogen-bond acceptors (Lipinski definition) is 4. The largest absolute Gasteiger partial charge is 0.360 e. The maximum Gasteiger partial charge on any atom is 0.158 e. The van der Waals surface area contributed by atoms with Crippen molar-refractivity contribution in [1.29, 1.82) is 0 Å². The summed E-state index contributed by atoms with van der Waals surface area (Å²) < 4.78 is 0. The van der Waals surface area contributed by atoms with Crippen molar-refractivity contribution in [1.82, 2.24) is 10.3 Å². The van der Waals surface area contributed by atoms with E-state index in [1.807, 2.05) is 44.2 Å². The quantitative estimate of drug-likeness (QED) is 0.552. The number of aryl methyl sites for hydroxylation is 1.